The first-order chi connectivity index (χ1) is 16.5. The Hall–Kier alpha value is -0.530. The number of unbranched alkanes of at least 4 members (excludes halogenated alkanes) is 19. The fourth-order valence-electron chi connectivity index (χ4n) is 4.74. The topological polar surface area (TPSA) is 26.3 Å². The molecule has 0 aromatic rings. The van der Waals surface area contributed by atoms with Crippen LogP contribution in [0.1, 0.15) is 182 Å². The van der Waals surface area contributed by atoms with E-state index in [0.29, 0.717) is 13.0 Å². The maximum Gasteiger partial charge on any atom is 0.305 e. The highest BCUT2D eigenvalue weighted by molar-refractivity contribution is 5.69. The van der Waals surface area contributed by atoms with Gasteiger partial charge in [-0.25, -0.2) is 0 Å². The fourth-order valence-corrected chi connectivity index (χ4v) is 4.74. The van der Waals surface area contributed by atoms with Gasteiger partial charge < -0.3 is 4.74 Å². The lowest BCUT2D eigenvalue weighted by Gasteiger charge is -2.06. The first kappa shape index (κ1) is 33.5. The van der Waals surface area contributed by atoms with E-state index >= 15 is 0 Å². The lowest BCUT2D eigenvalue weighted by atomic mass is 10.0. The van der Waals surface area contributed by atoms with E-state index in [9.17, 15) is 4.79 Å². The highest BCUT2D eigenvalue weighted by atomic mass is 16.5. The van der Waals surface area contributed by atoms with Crippen LogP contribution in [0, 0.1) is 11.8 Å². The molecule has 0 saturated carbocycles. The molecule has 0 amide bonds. The summed E-state index contributed by atoms with van der Waals surface area (Å²) in [7, 11) is 0. The molecule has 0 N–H and O–H groups in total. The van der Waals surface area contributed by atoms with Crippen LogP contribution in [-0.2, 0) is 9.53 Å². The van der Waals surface area contributed by atoms with Crippen molar-refractivity contribution in [2.45, 2.75) is 182 Å². The number of esters is 1. The summed E-state index contributed by atoms with van der Waals surface area (Å²) in [6.07, 6.45) is 31.4. The molecule has 0 saturated heterocycles. The number of carbonyl (C=O) groups is 1. The normalized spacial score (nSPS) is 11.6. The Labute approximate surface area is 215 Å². The molecule has 0 aromatic carbocycles. The van der Waals surface area contributed by atoms with Crippen molar-refractivity contribution in [3.05, 3.63) is 0 Å². The Morgan fingerprint density at radius 2 is 0.735 bits per heavy atom. The molecule has 0 aromatic heterocycles. The van der Waals surface area contributed by atoms with Gasteiger partial charge in [-0.15, -0.1) is 0 Å². The number of rotatable bonds is 27. The van der Waals surface area contributed by atoms with Crippen molar-refractivity contribution in [2.75, 3.05) is 6.61 Å². The third kappa shape index (κ3) is 29.5. The monoisotopic (exact) mass is 480 g/mol. The van der Waals surface area contributed by atoms with Crippen LogP contribution in [0.4, 0.5) is 0 Å². The summed E-state index contributed by atoms with van der Waals surface area (Å²) in [6, 6.07) is 0. The second kappa shape index (κ2) is 27.1. The first-order valence-corrected chi connectivity index (χ1v) is 15.7. The number of hydrogen-bond acceptors (Lipinski definition) is 2. The largest absolute Gasteiger partial charge is 0.466 e. The molecular weight excluding hydrogens is 416 g/mol. The summed E-state index contributed by atoms with van der Waals surface area (Å²) < 4.78 is 5.42. The van der Waals surface area contributed by atoms with Crippen molar-refractivity contribution in [2.24, 2.45) is 11.8 Å². The van der Waals surface area contributed by atoms with Crippen LogP contribution in [-0.4, -0.2) is 12.6 Å². The standard InChI is InChI=1S/C32H64O2/c1-30(2)26-22-18-14-10-6-5-9-13-17-21-25-29-34-32(33)28-24-20-16-12-8-7-11-15-19-23-27-31(3)4/h30-31H,5-29H2,1-4H3. The highest BCUT2D eigenvalue weighted by Gasteiger charge is 2.03. The number of hydrogen-bond donors (Lipinski definition) is 0. The van der Waals surface area contributed by atoms with E-state index in [0.717, 1.165) is 24.7 Å². The molecule has 0 bridgehead atoms. The molecule has 0 rings (SSSR count). The number of ether oxygens (including phenoxy) is 1. The third-order valence-corrected chi connectivity index (χ3v) is 7.10. The Morgan fingerprint density at radius 1 is 0.441 bits per heavy atom. The maximum atomic E-state index is 11.9. The number of carbonyl (C=O) groups excluding carboxylic acids is 1. The van der Waals surface area contributed by atoms with Gasteiger partial charge in [-0.3, -0.25) is 4.79 Å². The Kier molecular flexibility index (Phi) is 26.6. The smallest absolute Gasteiger partial charge is 0.305 e. The van der Waals surface area contributed by atoms with Crippen molar-refractivity contribution in [1.29, 1.82) is 0 Å². The van der Waals surface area contributed by atoms with E-state index in [2.05, 4.69) is 27.7 Å². The van der Waals surface area contributed by atoms with E-state index in [1.165, 1.54) is 135 Å². The zero-order valence-corrected chi connectivity index (χ0v) is 24.1. The second-order valence-corrected chi connectivity index (χ2v) is 11.8. The van der Waals surface area contributed by atoms with E-state index in [1.54, 1.807) is 0 Å². The van der Waals surface area contributed by atoms with Crippen LogP contribution in [0.5, 0.6) is 0 Å². The second-order valence-electron chi connectivity index (χ2n) is 11.8. The van der Waals surface area contributed by atoms with Crippen LogP contribution in [0.15, 0.2) is 0 Å². The molecule has 2 heteroatoms. The Morgan fingerprint density at radius 3 is 1.09 bits per heavy atom. The van der Waals surface area contributed by atoms with Crippen LogP contribution < -0.4 is 0 Å². The van der Waals surface area contributed by atoms with Gasteiger partial charge in [0.15, 0.2) is 0 Å². The van der Waals surface area contributed by atoms with Crippen LogP contribution >= 0.6 is 0 Å². The average molecular weight is 481 g/mol. The molecule has 0 heterocycles. The van der Waals surface area contributed by atoms with Gasteiger partial charge in [0.25, 0.3) is 0 Å². The van der Waals surface area contributed by atoms with Crippen molar-refractivity contribution >= 4 is 5.97 Å². The van der Waals surface area contributed by atoms with E-state index < -0.39 is 0 Å². The highest BCUT2D eigenvalue weighted by Crippen LogP contribution is 2.15. The minimum atomic E-state index is 0.0230. The van der Waals surface area contributed by atoms with E-state index in [-0.39, 0.29) is 5.97 Å². The van der Waals surface area contributed by atoms with Gasteiger partial charge in [-0.2, -0.15) is 0 Å². The Bertz CT molecular complexity index is 402. The summed E-state index contributed by atoms with van der Waals surface area (Å²) in [5, 5.41) is 0. The van der Waals surface area contributed by atoms with E-state index in [4.69, 9.17) is 4.74 Å². The van der Waals surface area contributed by atoms with Crippen molar-refractivity contribution in [1.82, 2.24) is 0 Å². The molecule has 0 unspecified atom stereocenters. The minimum absolute atomic E-state index is 0.0230. The molecule has 34 heavy (non-hydrogen) atoms. The summed E-state index contributed by atoms with van der Waals surface area (Å²) in [5.74, 6) is 1.75. The quantitative estimate of drug-likeness (QED) is 0.0862. The average Bonchev–Trinajstić information content (AvgIpc) is 2.79. The van der Waals surface area contributed by atoms with Crippen LogP contribution in [0.25, 0.3) is 0 Å². The van der Waals surface area contributed by atoms with Crippen molar-refractivity contribution in [3.8, 4) is 0 Å². The molecule has 2 nitrogen and oxygen atoms in total. The summed E-state index contributed by atoms with van der Waals surface area (Å²) in [6.45, 7) is 9.92. The molecule has 0 aliphatic carbocycles. The van der Waals surface area contributed by atoms with Gasteiger partial charge in [0, 0.05) is 6.42 Å². The summed E-state index contributed by atoms with van der Waals surface area (Å²) in [4.78, 5) is 11.9. The van der Waals surface area contributed by atoms with Gasteiger partial charge in [-0.05, 0) is 24.7 Å². The van der Waals surface area contributed by atoms with E-state index in [1.807, 2.05) is 0 Å². The molecule has 0 fully saturated rings. The zero-order chi connectivity index (χ0) is 25.1. The molecule has 0 aliphatic heterocycles. The molecule has 0 radical (unpaired) electrons. The SMILES string of the molecule is CC(C)CCCCCCCCCCCCCOC(=O)CCCCCCCCCCCCC(C)C. The molecular formula is C32H64O2. The van der Waals surface area contributed by atoms with Crippen LogP contribution in [0.2, 0.25) is 0 Å². The van der Waals surface area contributed by atoms with Gasteiger partial charge in [-0.1, -0.05) is 163 Å². The molecule has 0 aliphatic rings. The lowest BCUT2D eigenvalue weighted by molar-refractivity contribution is -0.143. The lowest BCUT2D eigenvalue weighted by Crippen LogP contribution is -2.05. The predicted octanol–water partition coefficient (Wildman–Crippen LogP) is 11.2. The van der Waals surface area contributed by atoms with Crippen molar-refractivity contribution in [3.63, 3.8) is 0 Å². The third-order valence-electron chi connectivity index (χ3n) is 7.10. The first-order valence-electron chi connectivity index (χ1n) is 15.7. The Balaban J connectivity index is 3.16. The molecule has 0 atom stereocenters. The summed E-state index contributed by atoms with van der Waals surface area (Å²) >= 11 is 0. The van der Waals surface area contributed by atoms with Gasteiger partial charge in [0.2, 0.25) is 0 Å². The minimum Gasteiger partial charge on any atom is -0.466 e. The van der Waals surface area contributed by atoms with Gasteiger partial charge >= 0.3 is 5.97 Å². The summed E-state index contributed by atoms with van der Waals surface area (Å²) in [5.41, 5.74) is 0. The van der Waals surface area contributed by atoms with Crippen molar-refractivity contribution < 1.29 is 9.53 Å². The fraction of sp³-hybridized carbons (Fsp3) is 0.969. The van der Waals surface area contributed by atoms with Gasteiger partial charge in [0.1, 0.15) is 0 Å². The molecule has 0 spiro atoms. The zero-order valence-electron chi connectivity index (χ0n) is 24.1. The van der Waals surface area contributed by atoms with Crippen LogP contribution in [0.3, 0.4) is 0 Å². The molecule has 204 valence electrons. The van der Waals surface area contributed by atoms with Gasteiger partial charge in [0.05, 0.1) is 6.61 Å². The predicted molar refractivity (Wildman–Crippen MR) is 151 cm³/mol. The maximum absolute atomic E-state index is 11.9.